The Hall–Kier alpha value is -0.390. The first-order chi connectivity index (χ1) is 9.12. The van der Waals surface area contributed by atoms with Crippen LogP contribution in [0.5, 0.6) is 0 Å². The molecular formula is C14H24BrN3O. The molecule has 2 rings (SSSR count). The molecule has 1 aliphatic carbocycles. The largest absolute Gasteiger partial charge is 0.378 e. The van der Waals surface area contributed by atoms with Crippen molar-refractivity contribution in [2.45, 2.75) is 50.7 Å². The number of hydrogen-bond acceptors (Lipinski definition) is 3. The number of rotatable bonds is 7. The maximum absolute atomic E-state index is 5.78. The quantitative estimate of drug-likeness (QED) is 0.835. The van der Waals surface area contributed by atoms with Crippen molar-refractivity contribution in [3.8, 4) is 0 Å². The minimum atomic E-state index is 0.0646. The molecule has 0 radical (unpaired) electrons. The molecule has 1 aliphatic rings. The summed E-state index contributed by atoms with van der Waals surface area (Å²) in [6, 6.07) is 0.294. The van der Waals surface area contributed by atoms with Crippen LogP contribution in [0.2, 0.25) is 0 Å². The van der Waals surface area contributed by atoms with Gasteiger partial charge in [0.1, 0.15) is 0 Å². The average Bonchev–Trinajstić information content (AvgIpc) is 2.68. The second-order valence-electron chi connectivity index (χ2n) is 5.45. The van der Waals surface area contributed by atoms with Crippen molar-refractivity contribution in [2.24, 2.45) is 7.05 Å². The molecule has 1 aromatic rings. The fourth-order valence-corrected chi connectivity index (χ4v) is 3.46. The van der Waals surface area contributed by atoms with E-state index in [-0.39, 0.29) is 5.60 Å². The third-order valence-corrected chi connectivity index (χ3v) is 4.79. The number of nitrogens with zero attached hydrogens (tertiary/aromatic N) is 2. The van der Waals surface area contributed by atoms with E-state index in [1.165, 1.54) is 25.0 Å². The third kappa shape index (κ3) is 3.20. The maximum atomic E-state index is 5.78. The maximum Gasteiger partial charge on any atom is 0.0697 e. The molecular weight excluding hydrogens is 306 g/mol. The number of hydrogen-bond donors (Lipinski definition) is 1. The van der Waals surface area contributed by atoms with Gasteiger partial charge in [-0.1, -0.05) is 6.92 Å². The van der Waals surface area contributed by atoms with Crippen LogP contribution in [0.3, 0.4) is 0 Å². The summed E-state index contributed by atoms with van der Waals surface area (Å²) in [7, 11) is 3.84. The van der Waals surface area contributed by atoms with Crippen molar-refractivity contribution < 1.29 is 4.74 Å². The molecule has 1 heterocycles. The highest BCUT2D eigenvalue weighted by molar-refractivity contribution is 9.10. The van der Waals surface area contributed by atoms with Gasteiger partial charge in [0.25, 0.3) is 0 Å². The van der Waals surface area contributed by atoms with Crippen LogP contribution in [0.15, 0.2) is 10.7 Å². The van der Waals surface area contributed by atoms with Crippen LogP contribution in [0.4, 0.5) is 0 Å². The lowest BCUT2D eigenvalue weighted by Crippen LogP contribution is -2.43. The molecule has 1 atom stereocenters. The van der Waals surface area contributed by atoms with Crippen LogP contribution < -0.4 is 5.32 Å². The number of nitrogens with one attached hydrogen (secondary N) is 1. The van der Waals surface area contributed by atoms with Crippen molar-refractivity contribution in [1.29, 1.82) is 0 Å². The summed E-state index contributed by atoms with van der Waals surface area (Å²) < 4.78 is 8.81. The standard InChI is InChI=1S/C14H24BrN3O/c1-4-8-16-12(9-14(19-3)6-5-7-14)13-11(15)10-17-18(13)2/h10,12,16H,4-9H2,1-3H3. The van der Waals surface area contributed by atoms with E-state index in [1.54, 1.807) is 0 Å². The summed E-state index contributed by atoms with van der Waals surface area (Å²) in [4.78, 5) is 0. The Morgan fingerprint density at radius 3 is 2.74 bits per heavy atom. The van der Waals surface area contributed by atoms with Gasteiger partial charge < -0.3 is 10.1 Å². The Kier molecular flexibility index (Phi) is 5.03. The molecule has 1 aromatic heterocycles. The molecule has 4 nitrogen and oxygen atoms in total. The molecule has 0 bridgehead atoms. The summed E-state index contributed by atoms with van der Waals surface area (Å²) in [5.74, 6) is 0. The first-order valence-corrected chi connectivity index (χ1v) is 7.87. The van der Waals surface area contributed by atoms with Gasteiger partial charge >= 0.3 is 0 Å². The van der Waals surface area contributed by atoms with Gasteiger partial charge in [-0.05, 0) is 54.6 Å². The molecule has 0 aromatic carbocycles. The monoisotopic (exact) mass is 329 g/mol. The van der Waals surface area contributed by atoms with Gasteiger partial charge in [0.2, 0.25) is 0 Å². The molecule has 1 N–H and O–H groups in total. The van der Waals surface area contributed by atoms with Crippen LogP contribution in [0, 0.1) is 0 Å². The molecule has 108 valence electrons. The van der Waals surface area contributed by atoms with Crippen molar-refractivity contribution in [2.75, 3.05) is 13.7 Å². The first kappa shape index (κ1) is 15.0. The van der Waals surface area contributed by atoms with Gasteiger partial charge in [0, 0.05) is 14.2 Å². The van der Waals surface area contributed by atoms with Gasteiger partial charge in [-0.2, -0.15) is 5.10 Å². The van der Waals surface area contributed by atoms with E-state index in [2.05, 4.69) is 33.3 Å². The zero-order valence-corrected chi connectivity index (χ0v) is 13.7. The summed E-state index contributed by atoms with van der Waals surface area (Å²) in [6.45, 7) is 3.21. The van der Waals surface area contributed by atoms with Gasteiger partial charge in [0.05, 0.1) is 28.0 Å². The first-order valence-electron chi connectivity index (χ1n) is 7.08. The number of aryl methyl sites for hydroxylation is 1. The highest BCUT2D eigenvalue weighted by atomic mass is 79.9. The van der Waals surface area contributed by atoms with Crippen LogP contribution >= 0.6 is 15.9 Å². The molecule has 0 amide bonds. The molecule has 1 fully saturated rings. The third-order valence-electron chi connectivity index (χ3n) is 4.18. The highest BCUT2D eigenvalue weighted by Gasteiger charge is 2.40. The van der Waals surface area contributed by atoms with E-state index in [1.807, 2.05) is 25.0 Å². The number of halogens is 1. The van der Waals surface area contributed by atoms with Crippen molar-refractivity contribution in [1.82, 2.24) is 15.1 Å². The summed E-state index contributed by atoms with van der Waals surface area (Å²) in [6.07, 6.45) is 7.64. The summed E-state index contributed by atoms with van der Waals surface area (Å²) >= 11 is 3.61. The van der Waals surface area contributed by atoms with Crippen molar-refractivity contribution in [3.05, 3.63) is 16.4 Å². The molecule has 5 heteroatoms. The lowest BCUT2D eigenvalue weighted by Gasteiger charge is -2.43. The second-order valence-corrected chi connectivity index (χ2v) is 6.31. The van der Waals surface area contributed by atoms with Gasteiger partial charge in [-0.3, -0.25) is 4.68 Å². The van der Waals surface area contributed by atoms with Crippen LogP contribution in [-0.2, 0) is 11.8 Å². The fraction of sp³-hybridized carbons (Fsp3) is 0.786. The van der Waals surface area contributed by atoms with Gasteiger partial charge in [-0.15, -0.1) is 0 Å². The van der Waals surface area contributed by atoms with E-state index in [4.69, 9.17) is 4.74 Å². The van der Waals surface area contributed by atoms with Gasteiger partial charge in [0.15, 0.2) is 0 Å². The number of ether oxygens (including phenoxy) is 1. The van der Waals surface area contributed by atoms with Crippen LogP contribution in [-0.4, -0.2) is 29.0 Å². The Bertz CT molecular complexity index is 390. The zero-order chi connectivity index (χ0) is 13.9. The van der Waals surface area contributed by atoms with E-state index >= 15 is 0 Å². The molecule has 0 saturated heterocycles. The van der Waals surface area contributed by atoms with E-state index in [0.717, 1.165) is 23.9 Å². The lowest BCUT2D eigenvalue weighted by atomic mass is 9.75. The number of aromatic nitrogens is 2. The SMILES string of the molecule is CCCNC(CC1(OC)CCC1)c1c(Br)cnn1C. The Morgan fingerprint density at radius 1 is 1.58 bits per heavy atom. The van der Waals surface area contributed by atoms with Crippen molar-refractivity contribution in [3.63, 3.8) is 0 Å². The second kappa shape index (κ2) is 6.37. The Labute approximate surface area is 124 Å². The summed E-state index contributed by atoms with van der Waals surface area (Å²) in [5.41, 5.74) is 1.28. The zero-order valence-electron chi connectivity index (χ0n) is 12.1. The predicted octanol–water partition coefficient (Wildman–Crippen LogP) is 3.18. The highest BCUT2D eigenvalue weighted by Crippen LogP contribution is 2.42. The normalized spacial score (nSPS) is 19.2. The Balaban J connectivity index is 2.16. The van der Waals surface area contributed by atoms with Crippen LogP contribution in [0.1, 0.15) is 50.8 Å². The van der Waals surface area contributed by atoms with E-state index in [9.17, 15) is 0 Å². The van der Waals surface area contributed by atoms with Crippen molar-refractivity contribution >= 4 is 15.9 Å². The molecule has 0 spiro atoms. The smallest absolute Gasteiger partial charge is 0.0697 e. The van der Waals surface area contributed by atoms with Gasteiger partial charge in [-0.25, -0.2) is 0 Å². The molecule has 0 aliphatic heterocycles. The predicted molar refractivity (Wildman–Crippen MR) is 80.2 cm³/mol. The van der Waals surface area contributed by atoms with E-state index < -0.39 is 0 Å². The average molecular weight is 330 g/mol. The fourth-order valence-electron chi connectivity index (χ4n) is 2.83. The van der Waals surface area contributed by atoms with E-state index in [0.29, 0.717) is 6.04 Å². The topological polar surface area (TPSA) is 39.1 Å². The summed E-state index contributed by atoms with van der Waals surface area (Å²) in [5, 5.41) is 7.97. The Morgan fingerprint density at radius 2 is 2.32 bits per heavy atom. The molecule has 19 heavy (non-hydrogen) atoms. The molecule has 1 unspecified atom stereocenters. The lowest BCUT2D eigenvalue weighted by molar-refractivity contribution is -0.0842. The minimum Gasteiger partial charge on any atom is -0.378 e. The van der Waals surface area contributed by atoms with Crippen LogP contribution in [0.25, 0.3) is 0 Å². The minimum absolute atomic E-state index is 0.0646. The molecule has 1 saturated carbocycles. The number of methoxy groups -OCH3 is 1.